The molecule has 0 aliphatic carbocycles. The first-order valence-electron chi connectivity index (χ1n) is 6.62. The second kappa shape index (κ2) is 5.25. The van der Waals surface area contributed by atoms with Gasteiger partial charge < -0.3 is 0 Å². The summed E-state index contributed by atoms with van der Waals surface area (Å²) < 4.78 is 0. The number of benzene rings is 2. The summed E-state index contributed by atoms with van der Waals surface area (Å²) in [7, 11) is 0. The van der Waals surface area contributed by atoms with Crippen LogP contribution in [-0.4, -0.2) is 11.7 Å². The third-order valence-electron chi connectivity index (χ3n) is 3.41. The monoisotopic (exact) mass is 278 g/mol. The fraction of sp³-hybridized carbons (Fsp3) is 0.0588. The van der Waals surface area contributed by atoms with E-state index in [0.717, 1.165) is 0 Å². The molecule has 0 spiro atoms. The Labute approximate surface area is 122 Å². The summed E-state index contributed by atoms with van der Waals surface area (Å²) in [6.45, 7) is 3.81. The third kappa shape index (κ3) is 2.31. The number of carbonyl (C=O) groups excluding carboxylic acids is 2. The summed E-state index contributed by atoms with van der Waals surface area (Å²) >= 11 is 0. The van der Waals surface area contributed by atoms with Crippen LogP contribution in [0, 0.1) is 5.92 Å². The van der Waals surface area contributed by atoms with Crippen LogP contribution in [-0.2, 0) is 4.79 Å². The summed E-state index contributed by atoms with van der Waals surface area (Å²) in [4.78, 5) is 25.0. The van der Waals surface area contributed by atoms with Gasteiger partial charge in [-0.3, -0.25) is 15.0 Å². The molecular formula is C17H14N2O2. The number of ketones is 1. The smallest absolute Gasteiger partial charge is 0.262 e. The molecule has 2 aromatic rings. The molecular weight excluding hydrogens is 264 g/mol. The highest BCUT2D eigenvalue weighted by molar-refractivity contribution is 6.17. The number of carbonyl (C=O) groups is 2. The first-order valence-corrected chi connectivity index (χ1v) is 6.62. The largest absolute Gasteiger partial charge is 0.295 e. The van der Waals surface area contributed by atoms with Gasteiger partial charge >= 0.3 is 0 Å². The molecule has 1 heterocycles. The van der Waals surface area contributed by atoms with E-state index in [9.17, 15) is 9.59 Å². The number of hydrogen-bond acceptors (Lipinski definition) is 3. The Bertz CT molecular complexity index is 695. The second-order valence-electron chi connectivity index (χ2n) is 4.81. The summed E-state index contributed by atoms with van der Waals surface area (Å²) in [5.74, 6) is -1.43. The van der Waals surface area contributed by atoms with Crippen molar-refractivity contribution in [1.29, 1.82) is 0 Å². The van der Waals surface area contributed by atoms with E-state index in [2.05, 4.69) is 12.0 Å². The lowest BCUT2D eigenvalue weighted by atomic mass is 9.95. The lowest BCUT2D eigenvalue weighted by Crippen LogP contribution is -2.35. The molecule has 1 fully saturated rings. The van der Waals surface area contributed by atoms with Gasteiger partial charge in [0.05, 0.1) is 5.69 Å². The van der Waals surface area contributed by atoms with Gasteiger partial charge in [0.2, 0.25) is 0 Å². The molecule has 4 heteroatoms. The zero-order valence-corrected chi connectivity index (χ0v) is 11.3. The molecule has 0 aromatic heterocycles. The van der Waals surface area contributed by atoms with Crippen molar-refractivity contribution in [3.05, 3.63) is 78.5 Å². The van der Waals surface area contributed by atoms with Crippen molar-refractivity contribution in [2.75, 3.05) is 5.01 Å². The van der Waals surface area contributed by atoms with Crippen molar-refractivity contribution in [2.24, 2.45) is 5.92 Å². The molecule has 3 rings (SSSR count). The molecule has 0 bridgehead atoms. The highest BCUT2D eigenvalue weighted by Crippen LogP contribution is 2.26. The zero-order chi connectivity index (χ0) is 14.8. The van der Waals surface area contributed by atoms with Crippen molar-refractivity contribution < 1.29 is 9.59 Å². The number of para-hydroxylation sites is 1. The first-order chi connectivity index (χ1) is 10.2. The fourth-order valence-corrected chi connectivity index (χ4v) is 2.35. The zero-order valence-electron chi connectivity index (χ0n) is 11.3. The molecule has 1 amide bonds. The van der Waals surface area contributed by atoms with Gasteiger partial charge in [0.15, 0.2) is 5.78 Å². The Morgan fingerprint density at radius 1 is 1.00 bits per heavy atom. The molecule has 1 N–H and O–H groups in total. The van der Waals surface area contributed by atoms with Gasteiger partial charge in [-0.15, -0.1) is 0 Å². The van der Waals surface area contributed by atoms with Gasteiger partial charge in [-0.05, 0) is 12.1 Å². The highest BCUT2D eigenvalue weighted by atomic mass is 16.2. The van der Waals surface area contributed by atoms with Crippen molar-refractivity contribution >= 4 is 17.4 Å². The van der Waals surface area contributed by atoms with E-state index in [-0.39, 0.29) is 11.7 Å². The predicted molar refractivity (Wildman–Crippen MR) is 80.5 cm³/mol. The van der Waals surface area contributed by atoms with E-state index >= 15 is 0 Å². The number of Topliss-reactive ketones (excluding diaryl/α,β-unsaturated/α-hetero) is 1. The third-order valence-corrected chi connectivity index (χ3v) is 3.41. The van der Waals surface area contributed by atoms with Crippen molar-refractivity contribution in [3.8, 4) is 0 Å². The molecule has 4 nitrogen and oxygen atoms in total. The summed E-state index contributed by atoms with van der Waals surface area (Å²) in [6.07, 6.45) is 0. The lowest BCUT2D eigenvalue weighted by molar-refractivity contribution is -0.118. The van der Waals surface area contributed by atoms with Gasteiger partial charge in [-0.2, -0.15) is 0 Å². The van der Waals surface area contributed by atoms with E-state index in [0.29, 0.717) is 16.9 Å². The number of amides is 1. The summed E-state index contributed by atoms with van der Waals surface area (Å²) in [5, 5.41) is 1.37. The second-order valence-corrected chi connectivity index (χ2v) is 4.81. The quantitative estimate of drug-likeness (QED) is 0.693. The minimum atomic E-state index is -0.882. The molecule has 0 radical (unpaired) electrons. The van der Waals surface area contributed by atoms with Crippen LogP contribution in [0.4, 0.5) is 5.69 Å². The molecule has 21 heavy (non-hydrogen) atoms. The number of hydrogen-bond donors (Lipinski definition) is 1. The maximum absolute atomic E-state index is 12.5. The molecule has 1 saturated heterocycles. The molecule has 1 unspecified atom stereocenters. The molecule has 2 aromatic carbocycles. The molecule has 1 aliphatic heterocycles. The number of rotatable bonds is 3. The fourth-order valence-electron chi connectivity index (χ4n) is 2.35. The Kier molecular flexibility index (Phi) is 3.28. The lowest BCUT2D eigenvalue weighted by Gasteiger charge is -2.15. The van der Waals surface area contributed by atoms with Crippen LogP contribution in [0.15, 0.2) is 72.9 Å². The van der Waals surface area contributed by atoms with Crippen LogP contribution in [0.5, 0.6) is 0 Å². The number of nitrogens with zero attached hydrogens (tertiary/aromatic N) is 1. The van der Waals surface area contributed by atoms with Gasteiger partial charge in [-0.1, -0.05) is 55.1 Å². The number of anilines is 1. The Morgan fingerprint density at radius 2 is 1.57 bits per heavy atom. The Balaban J connectivity index is 1.90. The highest BCUT2D eigenvalue weighted by Gasteiger charge is 2.41. The van der Waals surface area contributed by atoms with Crippen LogP contribution < -0.4 is 10.4 Å². The molecule has 0 saturated carbocycles. The van der Waals surface area contributed by atoms with Crippen LogP contribution in [0.1, 0.15) is 10.4 Å². The first kappa shape index (κ1) is 13.1. The van der Waals surface area contributed by atoms with E-state index in [1.54, 1.807) is 36.4 Å². The summed E-state index contributed by atoms with van der Waals surface area (Å²) in [5.41, 5.74) is 4.48. The minimum absolute atomic E-state index is 0.239. The van der Waals surface area contributed by atoms with Crippen LogP contribution in [0.2, 0.25) is 0 Å². The van der Waals surface area contributed by atoms with Crippen molar-refractivity contribution in [2.45, 2.75) is 0 Å². The predicted octanol–water partition coefficient (Wildman–Crippen LogP) is 2.55. The van der Waals surface area contributed by atoms with Crippen molar-refractivity contribution in [3.63, 3.8) is 0 Å². The van der Waals surface area contributed by atoms with Gasteiger partial charge in [0, 0.05) is 11.3 Å². The van der Waals surface area contributed by atoms with E-state index in [1.807, 2.05) is 24.3 Å². The van der Waals surface area contributed by atoms with Gasteiger partial charge in [0.1, 0.15) is 5.92 Å². The Hall–Kier alpha value is -2.88. The molecule has 1 atom stereocenters. The maximum atomic E-state index is 12.5. The van der Waals surface area contributed by atoms with E-state index < -0.39 is 5.92 Å². The minimum Gasteiger partial charge on any atom is -0.295 e. The Morgan fingerprint density at radius 3 is 2.19 bits per heavy atom. The number of hydrazine groups is 1. The van der Waals surface area contributed by atoms with Gasteiger partial charge in [0.25, 0.3) is 5.91 Å². The van der Waals surface area contributed by atoms with Crippen LogP contribution >= 0.6 is 0 Å². The summed E-state index contributed by atoms with van der Waals surface area (Å²) in [6, 6.07) is 17.9. The van der Waals surface area contributed by atoms with E-state index in [4.69, 9.17) is 0 Å². The number of nitrogens with one attached hydrogen (secondary N) is 1. The van der Waals surface area contributed by atoms with Crippen LogP contribution in [0.3, 0.4) is 0 Å². The van der Waals surface area contributed by atoms with Crippen LogP contribution in [0.25, 0.3) is 0 Å². The van der Waals surface area contributed by atoms with Crippen molar-refractivity contribution in [1.82, 2.24) is 5.43 Å². The normalized spacial score (nSPS) is 17.7. The van der Waals surface area contributed by atoms with E-state index in [1.165, 1.54) is 5.01 Å². The standard InChI is InChI=1S/C17H14N2O2/c1-12-15(16(20)13-8-4-2-5-9-13)17(21)19(18-12)14-10-6-3-7-11-14/h2-11,15,18H,1H2. The van der Waals surface area contributed by atoms with Gasteiger partial charge in [-0.25, -0.2) is 5.01 Å². The topological polar surface area (TPSA) is 49.4 Å². The SMILES string of the molecule is C=C1NN(c2ccccc2)C(=O)C1C(=O)c1ccccc1. The molecule has 1 aliphatic rings. The molecule has 104 valence electrons. The average molecular weight is 278 g/mol. The average Bonchev–Trinajstić information content (AvgIpc) is 2.83. The maximum Gasteiger partial charge on any atom is 0.262 e.